The number of aromatic nitrogens is 6. The van der Waals surface area contributed by atoms with E-state index in [0.717, 1.165) is 36.9 Å². The van der Waals surface area contributed by atoms with Gasteiger partial charge < -0.3 is 15.0 Å². The fraction of sp³-hybridized carbons (Fsp3) is 0.471. The van der Waals surface area contributed by atoms with Crippen LogP contribution >= 0.6 is 12.4 Å². The summed E-state index contributed by atoms with van der Waals surface area (Å²) in [4.78, 5) is 4.53. The summed E-state index contributed by atoms with van der Waals surface area (Å²) in [6.07, 6.45) is 5.63. The van der Waals surface area contributed by atoms with Crippen LogP contribution in [0, 0.1) is 6.92 Å². The average molecular weight is 392 g/mol. The van der Waals surface area contributed by atoms with E-state index >= 15 is 0 Å². The Bertz CT molecular complexity index is 900. The highest BCUT2D eigenvalue weighted by atomic mass is 35.5. The van der Waals surface area contributed by atoms with Crippen LogP contribution in [0.5, 0.6) is 5.88 Å². The summed E-state index contributed by atoms with van der Waals surface area (Å²) < 4.78 is 12.4. The van der Waals surface area contributed by atoms with Crippen LogP contribution in [0.1, 0.15) is 44.1 Å². The largest absolute Gasteiger partial charge is 0.477 e. The molecular weight excluding hydrogens is 370 g/mol. The van der Waals surface area contributed by atoms with Gasteiger partial charge in [0, 0.05) is 6.07 Å². The van der Waals surface area contributed by atoms with Crippen molar-refractivity contribution in [2.24, 2.45) is 5.73 Å². The minimum atomic E-state index is -0.480. The third-order valence-electron chi connectivity index (χ3n) is 4.74. The third kappa shape index (κ3) is 3.52. The van der Waals surface area contributed by atoms with Gasteiger partial charge >= 0.3 is 0 Å². The van der Waals surface area contributed by atoms with Crippen molar-refractivity contribution in [3.05, 3.63) is 29.8 Å². The van der Waals surface area contributed by atoms with Gasteiger partial charge in [0.15, 0.2) is 11.6 Å². The minimum Gasteiger partial charge on any atom is -0.477 e. The number of halogens is 1. The molecule has 0 atom stereocenters. The van der Waals surface area contributed by atoms with Crippen molar-refractivity contribution >= 4 is 12.4 Å². The molecule has 3 heterocycles. The Labute approximate surface area is 162 Å². The second-order valence-corrected chi connectivity index (χ2v) is 6.50. The van der Waals surface area contributed by atoms with Gasteiger partial charge in [-0.2, -0.15) is 10.1 Å². The zero-order valence-electron chi connectivity index (χ0n) is 15.3. The molecule has 0 radical (unpaired) electrons. The van der Waals surface area contributed by atoms with E-state index in [0.29, 0.717) is 30.0 Å². The van der Waals surface area contributed by atoms with Gasteiger partial charge in [0.1, 0.15) is 0 Å². The van der Waals surface area contributed by atoms with Gasteiger partial charge in [0.2, 0.25) is 5.88 Å². The Morgan fingerprint density at radius 2 is 2.04 bits per heavy atom. The number of hydrogen-bond acceptors (Lipinski definition) is 8. The molecule has 0 aromatic carbocycles. The lowest BCUT2D eigenvalue weighted by Gasteiger charge is -2.17. The molecule has 4 rings (SSSR count). The predicted octanol–water partition coefficient (Wildman–Crippen LogP) is 2.57. The second-order valence-electron chi connectivity index (χ2n) is 6.50. The van der Waals surface area contributed by atoms with Crippen molar-refractivity contribution < 1.29 is 9.26 Å². The summed E-state index contributed by atoms with van der Waals surface area (Å²) in [5.74, 6) is 2.05. The van der Waals surface area contributed by atoms with Crippen molar-refractivity contribution in [2.75, 3.05) is 6.61 Å². The maximum absolute atomic E-state index is 6.41. The Morgan fingerprint density at radius 1 is 1.26 bits per heavy atom. The Kier molecular flexibility index (Phi) is 5.43. The smallest absolute Gasteiger partial charge is 0.261 e. The minimum absolute atomic E-state index is 0. The first-order valence-corrected chi connectivity index (χ1v) is 8.76. The van der Waals surface area contributed by atoms with Crippen molar-refractivity contribution in [1.82, 2.24) is 30.1 Å². The molecule has 3 aromatic heterocycles. The van der Waals surface area contributed by atoms with Gasteiger partial charge in [0.25, 0.3) is 5.89 Å². The molecule has 144 valence electrons. The van der Waals surface area contributed by atoms with Gasteiger partial charge in [0.05, 0.1) is 29.6 Å². The average Bonchev–Trinajstić information content (AvgIpc) is 3.36. The topological polar surface area (TPSA) is 118 Å². The summed E-state index contributed by atoms with van der Waals surface area (Å²) in [5, 5.41) is 16.7. The number of nitrogens with zero attached hydrogens (tertiary/aromatic N) is 6. The van der Waals surface area contributed by atoms with Crippen LogP contribution in [0.3, 0.4) is 0 Å². The van der Waals surface area contributed by atoms with Gasteiger partial charge in [-0.1, -0.05) is 18.0 Å². The van der Waals surface area contributed by atoms with Crippen LogP contribution in [0.4, 0.5) is 0 Å². The highest BCUT2D eigenvalue weighted by molar-refractivity contribution is 5.85. The quantitative estimate of drug-likeness (QED) is 0.704. The number of ether oxygens (including phenoxy) is 1. The van der Waals surface area contributed by atoms with Crippen LogP contribution < -0.4 is 10.5 Å². The lowest BCUT2D eigenvalue weighted by molar-refractivity contribution is 0.322. The molecule has 0 unspecified atom stereocenters. The highest BCUT2D eigenvalue weighted by Crippen LogP contribution is 2.35. The van der Waals surface area contributed by atoms with E-state index in [2.05, 4.69) is 25.4 Å². The van der Waals surface area contributed by atoms with Crippen LogP contribution in [0.25, 0.3) is 17.3 Å². The Morgan fingerprint density at radius 3 is 2.70 bits per heavy atom. The third-order valence-corrected chi connectivity index (χ3v) is 4.74. The van der Waals surface area contributed by atoms with E-state index in [9.17, 15) is 0 Å². The van der Waals surface area contributed by atoms with Gasteiger partial charge in [-0.05, 0) is 32.8 Å². The van der Waals surface area contributed by atoms with Gasteiger partial charge in [-0.25, -0.2) is 4.68 Å². The molecule has 1 fully saturated rings. The molecule has 9 nitrogen and oxygen atoms in total. The Balaban J connectivity index is 0.00000210. The fourth-order valence-electron chi connectivity index (χ4n) is 3.27. The molecule has 0 amide bonds. The molecule has 27 heavy (non-hydrogen) atoms. The lowest BCUT2D eigenvalue weighted by atomic mass is 9.99. The molecular formula is C17H22ClN7O2. The van der Waals surface area contributed by atoms with Gasteiger partial charge in [-0.15, -0.1) is 22.6 Å². The fourth-order valence-corrected chi connectivity index (χ4v) is 3.27. The van der Waals surface area contributed by atoms with Crippen LogP contribution in [0.2, 0.25) is 0 Å². The molecule has 2 N–H and O–H groups in total. The van der Waals surface area contributed by atoms with Crippen molar-refractivity contribution in [3.63, 3.8) is 0 Å². The predicted molar refractivity (Wildman–Crippen MR) is 99.9 cm³/mol. The first-order chi connectivity index (χ1) is 12.6. The van der Waals surface area contributed by atoms with E-state index in [1.54, 1.807) is 23.0 Å². The summed E-state index contributed by atoms with van der Waals surface area (Å²) >= 11 is 0. The first-order valence-electron chi connectivity index (χ1n) is 8.76. The van der Waals surface area contributed by atoms with Crippen LogP contribution in [0.15, 0.2) is 22.9 Å². The van der Waals surface area contributed by atoms with E-state index in [-0.39, 0.29) is 12.4 Å². The number of hydrogen-bond donors (Lipinski definition) is 1. The van der Waals surface area contributed by atoms with Crippen LogP contribution in [-0.4, -0.2) is 36.7 Å². The lowest BCUT2D eigenvalue weighted by Crippen LogP contribution is -2.34. The van der Waals surface area contributed by atoms with Crippen molar-refractivity contribution in [3.8, 4) is 23.2 Å². The molecule has 0 spiro atoms. The molecule has 1 aliphatic carbocycles. The Hall–Kier alpha value is -2.52. The normalized spacial score (nSPS) is 15.5. The molecule has 10 heteroatoms. The highest BCUT2D eigenvalue weighted by Gasteiger charge is 2.36. The van der Waals surface area contributed by atoms with E-state index < -0.39 is 5.54 Å². The van der Waals surface area contributed by atoms with E-state index in [4.69, 9.17) is 15.0 Å². The summed E-state index contributed by atoms with van der Waals surface area (Å²) in [6.45, 7) is 4.36. The van der Waals surface area contributed by atoms with Crippen molar-refractivity contribution in [2.45, 2.75) is 45.1 Å². The number of nitrogens with two attached hydrogens (primary N) is 1. The molecule has 1 aliphatic rings. The standard InChI is InChI=1S/C17H21N7O2.ClH/c1-3-25-14-7-6-13(21-22-14)24-11(2)12(10-19-24)15-20-16(23-26-15)17(18)8-4-5-9-17;/h6-7,10H,3-5,8-9,18H2,1-2H3;1H. The van der Waals surface area contributed by atoms with E-state index in [1.807, 2.05) is 13.8 Å². The van der Waals surface area contributed by atoms with Gasteiger partial charge in [-0.3, -0.25) is 0 Å². The first kappa shape index (κ1) is 19.2. The molecule has 1 saturated carbocycles. The maximum Gasteiger partial charge on any atom is 0.261 e. The molecule has 0 bridgehead atoms. The SMILES string of the molecule is CCOc1ccc(-n2ncc(-c3nc(C4(N)CCCC4)no3)c2C)nn1.Cl. The molecule has 0 saturated heterocycles. The monoisotopic (exact) mass is 391 g/mol. The summed E-state index contributed by atoms with van der Waals surface area (Å²) in [7, 11) is 0. The number of rotatable bonds is 5. The van der Waals surface area contributed by atoms with Crippen LogP contribution in [-0.2, 0) is 5.54 Å². The summed E-state index contributed by atoms with van der Waals surface area (Å²) in [5.41, 5.74) is 7.51. The zero-order chi connectivity index (χ0) is 18.1. The molecule has 3 aromatic rings. The van der Waals surface area contributed by atoms with Crippen molar-refractivity contribution in [1.29, 1.82) is 0 Å². The second kappa shape index (κ2) is 7.61. The van der Waals surface area contributed by atoms with E-state index in [1.165, 1.54) is 0 Å². The maximum atomic E-state index is 6.41. The zero-order valence-corrected chi connectivity index (χ0v) is 16.1. The molecule has 0 aliphatic heterocycles. The summed E-state index contributed by atoms with van der Waals surface area (Å²) in [6, 6.07) is 3.56.